The van der Waals surface area contributed by atoms with Crippen LogP contribution < -0.4 is 16.0 Å². The second-order valence-electron chi connectivity index (χ2n) is 7.46. The molecule has 8 heteroatoms. The summed E-state index contributed by atoms with van der Waals surface area (Å²) in [5, 5.41) is 11.1. The Hall–Kier alpha value is -3.61. The second kappa shape index (κ2) is 9.48. The predicted molar refractivity (Wildman–Crippen MR) is 133 cm³/mol. The maximum atomic E-state index is 13.3. The van der Waals surface area contributed by atoms with E-state index in [1.165, 1.54) is 12.3 Å². The van der Waals surface area contributed by atoms with E-state index in [0.29, 0.717) is 51.8 Å². The van der Waals surface area contributed by atoms with Crippen LogP contribution in [0.2, 0.25) is 10.0 Å². The molecule has 0 aromatic heterocycles. The maximum absolute atomic E-state index is 13.3. The molecule has 4 N–H and O–H groups in total. The fourth-order valence-corrected chi connectivity index (χ4v) is 4.18. The van der Waals surface area contributed by atoms with Crippen molar-refractivity contribution in [2.24, 2.45) is 5.73 Å². The Morgan fingerprint density at radius 1 is 1.03 bits per heavy atom. The molecule has 1 aliphatic heterocycles. The van der Waals surface area contributed by atoms with Crippen LogP contribution in [0.15, 0.2) is 72.3 Å². The number of benzene rings is 3. The van der Waals surface area contributed by atoms with Crippen molar-refractivity contribution >= 4 is 58.3 Å². The predicted octanol–water partition coefficient (Wildman–Crippen LogP) is 5.62. The number of rotatable bonds is 4. The van der Waals surface area contributed by atoms with Crippen LogP contribution in [0.5, 0.6) is 0 Å². The SMILES string of the molecule is N=CC1=C(N)c2ccccc2N(C(=O)c2ccc(NC(=O)c3ccc(Cl)cc3Cl)cc2)CC1. The van der Waals surface area contributed by atoms with Crippen molar-refractivity contribution in [2.75, 3.05) is 16.8 Å². The minimum atomic E-state index is -0.377. The molecule has 4 rings (SSSR count). The van der Waals surface area contributed by atoms with Crippen LogP contribution in [0, 0.1) is 5.41 Å². The minimum absolute atomic E-state index is 0.194. The molecule has 0 spiro atoms. The summed E-state index contributed by atoms with van der Waals surface area (Å²) in [5.41, 5.74) is 10.2. The van der Waals surface area contributed by atoms with Crippen LogP contribution in [0.4, 0.5) is 11.4 Å². The van der Waals surface area contributed by atoms with Gasteiger partial charge in [0, 0.05) is 40.3 Å². The third-order valence-electron chi connectivity index (χ3n) is 5.42. The third-order valence-corrected chi connectivity index (χ3v) is 5.97. The van der Waals surface area contributed by atoms with Gasteiger partial charge in [-0.1, -0.05) is 41.4 Å². The number of fused-ring (bicyclic) bond motifs is 1. The smallest absolute Gasteiger partial charge is 0.258 e. The van der Waals surface area contributed by atoms with Gasteiger partial charge in [-0.15, -0.1) is 0 Å². The number of nitrogens with zero attached hydrogens (tertiary/aromatic N) is 1. The lowest BCUT2D eigenvalue weighted by atomic mass is 10.1. The van der Waals surface area contributed by atoms with Gasteiger partial charge in [0.15, 0.2) is 0 Å². The highest BCUT2D eigenvalue weighted by atomic mass is 35.5. The molecule has 3 aromatic rings. The van der Waals surface area contributed by atoms with Crippen molar-refractivity contribution in [3.8, 4) is 0 Å². The number of hydrogen-bond donors (Lipinski definition) is 3. The Kier molecular flexibility index (Phi) is 6.49. The lowest BCUT2D eigenvalue weighted by molar-refractivity contribution is 0.0986. The lowest BCUT2D eigenvalue weighted by Gasteiger charge is -2.23. The van der Waals surface area contributed by atoms with E-state index < -0.39 is 0 Å². The molecule has 6 nitrogen and oxygen atoms in total. The van der Waals surface area contributed by atoms with Crippen molar-refractivity contribution in [2.45, 2.75) is 6.42 Å². The standard InChI is InChI=1S/C25H20Cl2N4O2/c26-17-7-10-19(21(27)13-17)24(32)30-18-8-5-15(6-9-18)25(33)31-12-11-16(14-28)23(29)20-3-1-2-4-22(20)31/h1-10,13-14,28H,11-12,29H2,(H,30,32). The number of carbonyl (C=O) groups excluding carboxylic acids is 2. The van der Waals surface area contributed by atoms with Gasteiger partial charge < -0.3 is 21.4 Å². The van der Waals surface area contributed by atoms with Gasteiger partial charge in [0.1, 0.15) is 0 Å². The van der Waals surface area contributed by atoms with Crippen molar-refractivity contribution in [3.63, 3.8) is 0 Å². The summed E-state index contributed by atoms with van der Waals surface area (Å²) in [5.74, 6) is -0.571. The minimum Gasteiger partial charge on any atom is -0.398 e. The van der Waals surface area contributed by atoms with Gasteiger partial charge in [0.05, 0.1) is 16.3 Å². The number of para-hydroxylation sites is 1. The molecule has 1 aliphatic rings. The van der Waals surface area contributed by atoms with Crippen LogP contribution in [-0.2, 0) is 0 Å². The molecular formula is C25H20Cl2N4O2. The first-order chi connectivity index (χ1) is 15.9. The summed E-state index contributed by atoms with van der Waals surface area (Å²) < 4.78 is 0. The molecule has 0 saturated heterocycles. The Labute approximate surface area is 201 Å². The summed E-state index contributed by atoms with van der Waals surface area (Å²) in [6.07, 6.45) is 1.72. The first kappa shape index (κ1) is 22.6. The van der Waals surface area contributed by atoms with Crippen LogP contribution in [0.1, 0.15) is 32.7 Å². The van der Waals surface area contributed by atoms with E-state index in [4.69, 9.17) is 34.3 Å². The zero-order valence-electron chi connectivity index (χ0n) is 17.4. The molecule has 0 bridgehead atoms. The first-order valence-electron chi connectivity index (χ1n) is 10.2. The number of carbonyl (C=O) groups is 2. The summed E-state index contributed by atoms with van der Waals surface area (Å²) in [6, 6.07) is 18.7. The van der Waals surface area contributed by atoms with Crippen LogP contribution in [0.3, 0.4) is 0 Å². The van der Waals surface area contributed by atoms with E-state index in [1.54, 1.807) is 41.3 Å². The highest BCUT2D eigenvalue weighted by Crippen LogP contribution is 2.32. The molecule has 166 valence electrons. The molecule has 3 aromatic carbocycles. The fourth-order valence-electron chi connectivity index (χ4n) is 3.68. The lowest BCUT2D eigenvalue weighted by Crippen LogP contribution is -2.32. The van der Waals surface area contributed by atoms with Gasteiger partial charge >= 0.3 is 0 Å². The van der Waals surface area contributed by atoms with Crippen LogP contribution in [0.25, 0.3) is 5.70 Å². The van der Waals surface area contributed by atoms with E-state index in [-0.39, 0.29) is 16.8 Å². The van der Waals surface area contributed by atoms with Crippen molar-refractivity contribution in [1.29, 1.82) is 5.41 Å². The molecule has 0 saturated carbocycles. The van der Waals surface area contributed by atoms with E-state index >= 15 is 0 Å². The fraction of sp³-hybridized carbons (Fsp3) is 0.0800. The van der Waals surface area contributed by atoms with Gasteiger partial charge in [0.25, 0.3) is 11.8 Å². The Morgan fingerprint density at radius 2 is 1.76 bits per heavy atom. The largest absolute Gasteiger partial charge is 0.398 e. The molecule has 2 amide bonds. The molecular weight excluding hydrogens is 459 g/mol. The van der Waals surface area contributed by atoms with Crippen LogP contribution in [-0.4, -0.2) is 24.6 Å². The molecule has 0 fully saturated rings. The monoisotopic (exact) mass is 478 g/mol. The Bertz CT molecular complexity index is 1290. The molecule has 33 heavy (non-hydrogen) atoms. The van der Waals surface area contributed by atoms with Gasteiger partial charge in [0.2, 0.25) is 0 Å². The van der Waals surface area contributed by atoms with Gasteiger partial charge in [-0.05, 0) is 60.5 Å². The Morgan fingerprint density at radius 3 is 2.45 bits per heavy atom. The zero-order valence-corrected chi connectivity index (χ0v) is 19.0. The third kappa shape index (κ3) is 4.62. The first-order valence-corrected chi connectivity index (χ1v) is 10.9. The molecule has 1 heterocycles. The van der Waals surface area contributed by atoms with E-state index in [1.807, 2.05) is 24.3 Å². The molecule has 0 unspecified atom stereocenters. The van der Waals surface area contributed by atoms with Crippen molar-refractivity contribution in [3.05, 3.63) is 99.0 Å². The quantitative estimate of drug-likeness (QED) is 0.424. The average molecular weight is 479 g/mol. The van der Waals surface area contributed by atoms with Crippen LogP contribution >= 0.6 is 23.2 Å². The highest BCUT2D eigenvalue weighted by Gasteiger charge is 2.25. The number of nitrogens with two attached hydrogens (primary N) is 1. The van der Waals surface area contributed by atoms with Gasteiger partial charge in [-0.3, -0.25) is 9.59 Å². The van der Waals surface area contributed by atoms with Gasteiger partial charge in [-0.2, -0.15) is 0 Å². The molecule has 0 aliphatic carbocycles. The highest BCUT2D eigenvalue weighted by molar-refractivity contribution is 6.37. The second-order valence-corrected chi connectivity index (χ2v) is 8.31. The topological polar surface area (TPSA) is 99.3 Å². The summed E-state index contributed by atoms with van der Waals surface area (Å²) >= 11 is 12.0. The normalized spacial score (nSPS) is 13.2. The van der Waals surface area contributed by atoms with E-state index in [9.17, 15) is 9.59 Å². The van der Waals surface area contributed by atoms with Gasteiger partial charge in [-0.25, -0.2) is 0 Å². The molecule has 0 atom stereocenters. The van der Waals surface area contributed by atoms with E-state index in [0.717, 1.165) is 5.56 Å². The summed E-state index contributed by atoms with van der Waals surface area (Å²) in [7, 11) is 0. The number of halogens is 2. The molecule has 0 radical (unpaired) electrons. The summed E-state index contributed by atoms with van der Waals surface area (Å²) in [6.45, 7) is 0.398. The number of hydrogen-bond acceptors (Lipinski definition) is 4. The number of anilines is 2. The van der Waals surface area contributed by atoms with Crippen molar-refractivity contribution in [1.82, 2.24) is 0 Å². The average Bonchev–Trinajstić information content (AvgIpc) is 2.95. The maximum Gasteiger partial charge on any atom is 0.258 e. The number of amides is 2. The number of nitrogens with one attached hydrogen (secondary N) is 2. The van der Waals surface area contributed by atoms with Crippen molar-refractivity contribution < 1.29 is 9.59 Å². The summed E-state index contributed by atoms with van der Waals surface area (Å²) in [4.78, 5) is 27.5. The van der Waals surface area contributed by atoms with E-state index in [2.05, 4.69) is 5.32 Å². The zero-order chi connectivity index (χ0) is 23.5. The Balaban J connectivity index is 1.55.